The molecule has 0 saturated heterocycles. The molecule has 0 aliphatic rings. The molecule has 0 saturated carbocycles. The van der Waals surface area contributed by atoms with Crippen LogP contribution in [0.4, 0.5) is 5.69 Å². The zero-order valence-electron chi connectivity index (χ0n) is 12.7. The van der Waals surface area contributed by atoms with E-state index >= 15 is 0 Å². The maximum absolute atomic E-state index is 5.30. The van der Waals surface area contributed by atoms with Crippen molar-refractivity contribution in [3.63, 3.8) is 0 Å². The van der Waals surface area contributed by atoms with Crippen LogP contribution in [0.3, 0.4) is 0 Å². The van der Waals surface area contributed by atoms with Gasteiger partial charge >= 0.3 is 0 Å². The molecule has 2 rings (SSSR count). The van der Waals surface area contributed by atoms with Crippen molar-refractivity contribution in [1.29, 1.82) is 0 Å². The largest absolute Gasteiger partial charge is 0.496 e. The number of nitrogens with one attached hydrogen (secondary N) is 1. The van der Waals surface area contributed by atoms with Crippen LogP contribution in [-0.2, 0) is 0 Å². The van der Waals surface area contributed by atoms with Crippen LogP contribution in [0.1, 0.15) is 36.1 Å². The molecule has 0 aromatic heterocycles. The van der Waals surface area contributed by atoms with E-state index in [1.54, 1.807) is 7.11 Å². The molecule has 2 nitrogen and oxygen atoms in total. The number of aryl methyl sites for hydroxylation is 2. The topological polar surface area (TPSA) is 21.3 Å². The molecule has 0 aliphatic heterocycles. The van der Waals surface area contributed by atoms with E-state index < -0.39 is 0 Å². The number of rotatable bonds is 5. The molecule has 0 amide bonds. The first-order chi connectivity index (χ1) is 9.63. The van der Waals surface area contributed by atoms with Crippen molar-refractivity contribution in [1.82, 2.24) is 0 Å². The highest BCUT2D eigenvalue weighted by Gasteiger charge is 2.09. The third-order valence-corrected chi connectivity index (χ3v) is 3.62. The van der Waals surface area contributed by atoms with Gasteiger partial charge in [-0.1, -0.05) is 36.8 Å². The fourth-order valence-corrected chi connectivity index (χ4v) is 2.39. The Morgan fingerprint density at radius 2 is 1.75 bits per heavy atom. The Hall–Kier alpha value is -1.96. The van der Waals surface area contributed by atoms with Gasteiger partial charge in [0.25, 0.3) is 0 Å². The second-order valence-corrected chi connectivity index (χ2v) is 5.20. The Morgan fingerprint density at radius 3 is 2.30 bits per heavy atom. The van der Waals surface area contributed by atoms with Gasteiger partial charge in [-0.2, -0.15) is 0 Å². The maximum Gasteiger partial charge on any atom is 0.121 e. The van der Waals surface area contributed by atoms with E-state index in [0.717, 1.165) is 23.4 Å². The molecule has 20 heavy (non-hydrogen) atoms. The summed E-state index contributed by atoms with van der Waals surface area (Å²) in [7, 11) is 1.70. The van der Waals surface area contributed by atoms with Crippen molar-refractivity contribution in [3.05, 3.63) is 59.2 Å². The number of hydrogen-bond donors (Lipinski definition) is 1. The third-order valence-electron chi connectivity index (χ3n) is 3.62. The lowest BCUT2D eigenvalue weighted by molar-refractivity contribution is 0.412. The molecular weight excluding hydrogens is 246 g/mol. The SMILES string of the molecule is CCC(Nc1ccc(OC)c(C)c1)c1ccc(C)cc1. The number of methoxy groups -OCH3 is 1. The summed E-state index contributed by atoms with van der Waals surface area (Å²) in [6.45, 7) is 6.38. The highest BCUT2D eigenvalue weighted by Crippen LogP contribution is 2.26. The fraction of sp³-hybridized carbons (Fsp3) is 0.333. The Balaban J connectivity index is 2.17. The first-order valence-corrected chi connectivity index (χ1v) is 7.11. The third kappa shape index (κ3) is 3.32. The van der Waals surface area contributed by atoms with Crippen LogP contribution in [0.15, 0.2) is 42.5 Å². The smallest absolute Gasteiger partial charge is 0.121 e. The summed E-state index contributed by atoms with van der Waals surface area (Å²) < 4.78 is 5.30. The van der Waals surface area contributed by atoms with E-state index in [2.05, 4.69) is 62.5 Å². The molecule has 2 heteroatoms. The van der Waals surface area contributed by atoms with Crippen molar-refractivity contribution in [2.75, 3.05) is 12.4 Å². The highest BCUT2D eigenvalue weighted by atomic mass is 16.5. The summed E-state index contributed by atoms with van der Waals surface area (Å²) in [5, 5.41) is 3.60. The average Bonchev–Trinajstić information content (AvgIpc) is 2.46. The van der Waals surface area contributed by atoms with Crippen molar-refractivity contribution in [2.45, 2.75) is 33.2 Å². The van der Waals surface area contributed by atoms with Gasteiger partial charge in [0.05, 0.1) is 13.2 Å². The highest BCUT2D eigenvalue weighted by molar-refractivity contribution is 5.52. The molecule has 0 spiro atoms. The summed E-state index contributed by atoms with van der Waals surface area (Å²) in [6.07, 6.45) is 1.05. The zero-order chi connectivity index (χ0) is 14.5. The molecular formula is C18H23NO. The second-order valence-electron chi connectivity index (χ2n) is 5.20. The summed E-state index contributed by atoms with van der Waals surface area (Å²) in [5.74, 6) is 0.930. The van der Waals surface area contributed by atoms with Gasteiger partial charge in [0, 0.05) is 5.69 Å². The summed E-state index contributed by atoms with van der Waals surface area (Å²) in [5.41, 5.74) is 4.91. The lowest BCUT2D eigenvalue weighted by atomic mass is 10.0. The van der Waals surface area contributed by atoms with Crippen LogP contribution in [0.2, 0.25) is 0 Å². The van der Waals surface area contributed by atoms with Gasteiger partial charge in [0.15, 0.2) is 0 Å². The van der Waals surface area contributed by atoms with E-state index in [-0.39, 0.29) is 0 Å². The van der Waals surface area contributed by atoms with E-state index in [1.807, 2.05) is 6.07 Å². The Morgan fingerprint density at radius 1 is 1.05 bits per heavy atom. The summed E-state index contributed by atoms with van der Waals surface area (Å²) in [4.78, 5) is 0. The molecule has 1 atom stereocenters. The Kier molecular flexibility index (Phi) is 4.67. The van der Waals surface area contributed by atoms with Crippen molar-refractivity contribution < 1.29 is 4.74 Å². The minimum atomic E-state index is 0.336. The predicted octanol–water partition coefficient (Wildman–Crippen LogP) is 4.88. The molecule has 106 valence electrons. The minimum absolute atomic E-state index is 0.336. The second kappa shape index (κ2) is 6.47. The van der Waals surface area contributed by atoms with Crippen molar-refractivity contribution in [3.8, 4) is 5.75 Å². The first kappa shape index (κ1) is 14.4. The zero-order valence-corrected chi connectivity index (χ0v) is 12.7. The number of benzene rings is 2. The normalized spacial score (nSPS) is 12.0. The molecule has 0 bridgehead atoms. The average molecular weight is 269 g/mol. The molecule has 0 fully saturated rings. The molecule has 0 heterocycles. The number of hydrogen-bond acceptors (Lipinski definition) is 2. The molecule has 0 aliphatic carbocycles. The Bertz CT molecular complexity index is 560. The van der Waals surface area contributed by atoms with Crippen LogP contribution in [0.25, 0.3) is 0 Å². The van der Waals surface area contributed by atoms with Crippen LogP contribution >= 0.6 is 0 Å². The minimum Gasteiger partial charge on any atom is -0.496 e. The standard InChI is InChI=1S/C18H23NO/c1-5-17(15-8-6-13(2)7-9-15)19-16-10-11-18(20-4)14(3)12-16/h6-12,17,19H,5H2,1-4H3. The Labute approximate surface area is 121 Å². The molecule has 0 radical (unpaired) electrons. The molecule has 2 aromatic carbocycles. The molecule has 1 unspecified atom stereocenters. The summed E-state index contributed by atoms with van der Waals surface area (Å²) >= 11 is 0. The van der Waals surface area contributed by atoms with Crippen LogP contribution in [0, 0.1) is 13.8 Å². The van der Waals surface area contributed by atoms with Gasteiger partial charge in [0.2, 0.25) is 0 Å². The van der Waals surface area contributed by atoms with Crippen LogP contribution in [0.5, 0.6) is 5.75 Å². The van der Waals surface area contributed by atoms with E-state index in [4.69, 9.17) is 4.74 Å². The van der Waals surface area contributed by atoms with Gasteiger partial charge in [-0.3, -0.25) is 0 Å². The first-order valence-electron chi connectivity index (χ1n) is 7.11. The van der Waals surface area contributed by atoms with Gasteiger partial charge in [-0.15, -0.1) is 0 Å². The van der Waals surface area contributed by atoms with Crippen LogP contribution in [-0.4, -0.2) is 7.11 Å². The molecule has 1 N–H and O–H groups in total. The predicted molar refractivity (Wildman–Crippen MR) is 85.6 cm³/mol. The van der Waals surface area contributed by atoms with Gasteiger partial charge in [-0.05, 0) is 49.6 Å². The fourth-order valence-electron chi connectivity index (χ4n) is 2.39. The quantitative estimate of drug-likeness (QED) is 0.835. The van der Waals surface area contributed by atoms with Gasteiger partial charge in [-0.25, -0.2) is 0 Å². The summed E-state index contributed by atoms with van der Waals surface area (Å²) in [6, 6.07) is 15.3. The molecule has 2 aromatic rings. The van der Waals surface area contributed by atoms with Crippen molar-refractivity contribution in [2.24, 2.45) is 0 Å². The number of anilines is 1. The lowest BCUT2D eigenvalue weighted by Crippen LogP contribution is -2.09. The van der Waals surface area contributed by atoms with E-state index in [9.17, 15) is 0 Å². The van der Waals surface area contributed by atoms with Gasteiger partial charge in [0.1, 0.15) is 5.75 Å². The lowest BCUT2D eigenvalue weighted by Gasteiger charge is -2.20. The van der Waals surface area contributed by atoms with E-state index in [0.29, 0.717) is 6.04 Å². The maximum atomic E-state index is 5.30. The number of ether oxygens (including phenoxy) is 1. The monoisotopic (exact) mass is 269 g/mol. The van der Waals surface area contributed by atoms with Crippen molar-refractivity contribution >= 4 is 5.69 Å². The van der Waals surface area contributed by atoms with Crippen LogP contribution < -0.4 is 10.1 Å². The van der Waals surface area contributed by atoms with Gasteiger partial charge < -0.3 is 10.1 Å². The van der Waals surface area contributed by atoms with E-state index in [1.165, 1.54) is 11.1 Å².